The fourth-order valence-corrected chi connectivity index (χ4v) is 1.05. The Bertz CT molecular complexity index is 310. The van der Waals surface area contributed by atoms with Crippen LogP contribution >= 0.6 is 11.6 Å². The molecule has 0 heterocycles. The smallest absolute Gasteiger partial charge is 0.138 e. The zero-order valence-corrected chi connectivity index (χ0v) is 8.01. The van der Waals surface area contributed by atoms with Crippen LogP contribution < -0.4 is 4.74 Å². The third-order valence-electron chi connectivity index (χ3n) is 1.46. The first kappa shape index (κ1) is 10.1. The topological polar surface area (TPSA) is 9.23 Å². The summed E-state index contributed by atoms with van der Waals surface area (Å²) in [5.41, 5.74) is 0. The third kappa shape index (κ3) is 3.07. The minimum atomic E-state index is -0.358. The van der Waals surface area contributed by atoms with Gasteiger partial charge >= 0.3 is 0 Å². The van der Waals surface area contributed by atoms with Gasteiger partial charge in [0.2, 0.25) is 0 Å². The Morgan fingerprint density at radius 2 is 2.31 bits per heavy atom. The normalized spacial score (nSPS) is 10.7. The third-order valence-corrected chi connectivity index (χ3v) is 1.76. The van der Waals surface area contributed by atoms with Gasteiger partial charge in [-0.05, 0) is 25.1 Å². The average Bonchev–Trinajstić information content (AvgIpc) is 2.09. The van der Waals surface area contributed by atoms with Crippen molar-refractivity contribution in [2.24, 2.45) is 0 Å². The second-order valence-electron chi connectivity index (χ2n) is 2.45. The van der Waals surface area contributed by atoms with Crippen molar-refractivity contribution in [2.45, 2.75) is 6.92 Å². The van der Waals surface area contributed by atoms with Gasteiger partial charge in [0.1, 0.15) is 18.2 Å². The molecule has 0 atom stereocenters. The first-order valence-corrected chi connectivity index (χ1v) is 4.31. The van der Waals surface area contributed by atoms with E-state index in [1.165, 1.54) is 18.2 Å². The molecule has 0 spiro atoms. The van der Waals surface area contributed by atoms with Crippen molar-refractivity contribution in [1.29, 1.82) is 0 Å². The van der Waals surface area contributed by atoms with Crippen LogP contribution in [0.3, 0.4) is 0 Å². The molecular formula is C10H10ClFO. The van der Waals surface area contributed by atoms with Gasteiger partial charge in [-0.2, -0.15) is 0 Å². The summed E-state index contributed by atoms with van der Waals surface area (Å²) in [5, 5.41) is 0.296. The summed E-state index contributed by atoms with van der Waals surface area (Å²) in [4.78, 5) is 0. The number of rotatable bonds is 3. The predicted octanol–water partition coefficient (Wildman–Crippen LogP) is 3.43. The van der Waals surface area contributed by atoms with Gasteiger partial charge in [-0.25, -0.2) is 4.39 Å². The van der Waals surface area contributed by atoms with Crippen LogP contribution in [0.4, 0.5) is 4.39 Å². The van der Waals surface area contributed by atoms with Crippen LogP contribution in [0.25, 0.3) is 0 Å². The van der Waals surface area contributed by atoms with Gasteiger partial charge in [0.05, 0.1) is 5.02 Å². The van der Waals surface area contributed by atoms with Crippen molar-refractivity contribution >= 4 is 11.6 Å². The molecule has 0 aromatic heterocycles. The van der Waals surface area contributed by atoms with Crippen LogP contribution in [-0.2, 0) is 0 Å². The number of allylic oxidation sites excluding steroid dienone is 1. The van der Waals surface area contributed by atoms with Gasteiger partial charge < -0.3 is 4.74 Å². The molecule has 1 nitrogen and oxygen atoms in total. The lowest BCUT2D eigenvalue weighted by Gasteiger charge is -2.04. The van der Waals surface area contributed by atoms with Crippen molar-refractivity contribution in [3.63, 3.8) is 0 Å². The Hall–Kier alpha value is -1.02. The Balaban J connectivity index is 2.66. The predicted molar refractivity (Wildman–Crippen MR) is 51.7 cm³/mol. The Labute approximate surface area is 81.8 Å². The van der Waals surface area contributed by atoms with Crippen molar-refractivity contribution < 1.29 is 9.13 Å². The van der Waals surface area contributed by atoms with Crippen LogP contribution in [-0.4, -0.2) is 6.61 Å². The van der Waals surface area contributed by atoms with Gasteiger partial charge in [0.25, 0.3) is 0 Å². The molecule has 0 aliphatic rings. The van der Waals surface area contributed by atoms with E-state index in [9.17, 15) is 4.39 Å². The molecule has 3 heteroatoms. The summed E-state index contributed by atoms with van der Waals surface area (Å²) < 4.78 is 17.8. The molecule has 0 amide bonds. The molecular weight excluding hydrogens is 191 g/mol. The van der Waals surface area contributed by atoms with Crippen LogP contribution in [0, 0.1) is 5.82 Å². The zero-order valence-electron chi connectivity index (χ0n) is 7.26. The SMILES string of the molecule is CC=CCOc1ccc(F)cc1Cl. The Morgan fingerprint density at radius 1 is 1.54 bits per heavy atom. The quantitative estimate of drug-likeness (QED) is 0.680. The summed E-state index contributed by atoms with van der Waals surface area (Å²) in [5.74, 6) is 0.143. The summed E-state index contributed by atoms with van der Waals surface area (Å²) in [6.45, 7) is 2.34. The molecule has 0 saturated carbocycles. The highest BCUT2D eigenvalue weighted by Gasteiger charge is 2.01. The Morgan fingerprint density at radius 3 is 2.92 bits per heavy atom. The van der Waals surface area contributed by atoms with E-state index in [1.807, 2.05) is 19.1 Å². The van der Waals surface area contributed by atoms with Crippen LogP contribution in [0.2, 0.25) is 5.02 Å². The van der Waals surface area contributed by atoms with Crippen LogP contribution in [0.5, 0.6) is 5.75 Å². The number of hydrogen-bond donors (Lipinski definition) is 0. The molecule has 0 radical (unpaired) electrons. The van der Waals surface area contributed by atoms with E-state index in [0.29, 0.717) is 17.4 Å². The van der Waals surface area contributed by atoms with E-state index in [4.69, 9.17) is 16.3 Å². The van der Waals surface area contributed by atoms with E-state index in [0.717, 1.165) is 0 Å². The molecule has 13 heavy (non-hydrogen) atoms. The maximum Gasteiger partial charge on any atom is 0.138 e. The summed E-state index contributed by atoms with van der Waals surface area (Å²) in [6, 6.07) is 4.06. The molecule has 0 unspecified atom stereocenters. The van der Waals surface area contributed by atoms with E-state index in [2.05, 4.69) is 0 Å². The monoisotopic (exact) mass is 200 g/mol. The molecule has 1 aromatic carbocycles. The van der Waals surface area contributed by atoms with Gasteiger partial charge in [0, 0.05) is 0 Å². The van der Waals surface area contributed by atoms with E-state index < -0.39 is 0 Å². The lowest BCUT2D eigenvalue weighted by atomic mass is 10.3. The first-order valence-electron chi connectivity index (χ1n) is 3.93. The summed E-state index contributed by atoms with van der Waals surface area (Å²) in [7, 11) is 0. The second kappa shape index (κ2) is 4.87. The largest absolute Gasteiger partial charge is 0.488 e. The lowest BCUT2D eigenvalue weighted by molar-refractivity contribution is 0.362. The standard InChI is InChI=1S/C10H10ClFO/c1-2-3-6-13-10-5-4-8(12)7-9(10)11/h2-5,7H,6H2,1H3. The van der Waals surface area contributed by atoms with Gasteiger partial charge in [-0.1, -0.05) is 23.8 Å². The average molecular weight is 201 g/mol. The van der Waals surface area contributed by atoms with Crippen molar-refractivity contribution in [3.05, 3.63) is 41.2 Å². The first-order chi connectivity index (χ1) is 6.24. The molecule has 70 valence electrons. The molecule has 0 fully saturated rings. The van der Waals surface area contributed by atoms with Crippen LogP contribution in [0.1, 0.15) is 6.92 Å². The maximum absolute atomic E-state index is 12.6. The molecule has 0 N–H and O–H groups in total. The van der Waals surface area contributed by atoms with Crippen molar-refractivity contribution in [1.82, 2.24) is 0 Å². The molecule has 0 aliphatic heterocycles. The number of hydrogen-bond acceptors (Lipinski definition) is 1. The highest BCUT2D eigenvalue weighted by Crippen LogP contribution is 2.24. The number of benzene rings is 1. The van der Waals surface area contributed by atoms with E-state index in [1.54, 1.807) is 0 Å². The minimum Gasteiger partial charge on any atom is -0.488 e. The molecule has 0 bridgehead atoms. The molecule has 0 saturated heterocycles. The summed E-state index contributed by atoms with van der Waals surface area (Å²) >= 11 is 5.72. The Kier molecular flexibility index (Phi) is 3.77. The fraction of sp³-hybridized carbons (Fsp3) is 0.200. The lowest BCUT2D eigenvalue weighted by Crippen LogP contribution is -1.93. The minimum absolute atomic E-state index is 0.296. The highest BCUT2D eigenvalue weighted by molar-refractivity contribution is 6.32. The molecule has 0 aliphatic carbocycles. The van der Waals surface area contributed by atoms with Gasteiger partial charge in [0.15, 0.2) is 0 Å². The molecule has 1 rings (SSSR count). The van der Waals surface area contributed by atoms with Gasteiger partial charge in [-0.3, -0.25) is 0 Å². The highest BCUT2D eigenvalue weighted by atomic mass is 35.5. The van der Waals surface area contributed by atoms with Crippen LogP contribution in [0.15, 0.2) is 30.4 Å². The number of halogens is 2. The van der Waals surface area contributed by atoms with Crippen molar-refractivity contribution in [3.8, 4) is 5.75 Å². The molecule has 1 aromatic rings. The number of ether oxygens (including phenoxy) is 1. The summed E-state index contributed by atoms with van der Waals surface area (Å²) in [6.07, 6.45) is 3.72. The van der Waals surface area contributed by atoms with E-state index in [-0.39, 0.29) is 5.82 Å². The van der Waals surface area contributed by atoms with Crippen molar-refractivity contribution in [2.75, 3.05) is 6.61 Å². The zero-order chi connectivity index (χ0) is 9.68. The second-order valence-corrected chi connectivity index (χ2v) is 2.86. The maximum atomic E-state index is 12.6. The van der Waals surface area contributed by atoms with E-state index >= 15 is 0 Å². The fourth-order valence-electron chi connectivity index (χ4n) is 0.826. The van der Waals surface area contributed by atoms with Gasteiger partial charge in [-0.15, -0.1) is 0 Å².